The second kappa shape index (κ2) is 6.93. The summed E-state index contributed by atoms with van der Waals surface area (Å²) in [5.74, 6) is -2.62. The van der Waals surface area contributed by atoms with E-state index >= 15 is 0 Å². The lowest BCUT2D eigenvalue weighted by Crippen LogP contribution is -2.08. The van der Waals surface area contributed by atoms with Crippen LogP contribution in [0.3, 0.4) is 0 Å². The molecule has 0 spiro atoms. The Kier molecular flexibility index (Phi) is 5.64. The summed E-state index contributed by atoms with van der Waals surface area (Å²) in [5, 5.41) is 0. The van der Waals surface area contributed by atoms with Crippen molar-refractivity contribution >= 4 is 11.4 Å². The van der Waals surface area contributed by atoms with E-state index in [1.165, 1.54) is 0 Å². The van der Waals surface area contributed by atoms with Crippen LogP contribution in [0.1, 0.15) is 11.1 Å². The standard InChI is InChI=1S/2C7H5F4N/c2*8-6-2-1-4(12)3-5(6)7(9,10)11/h2*1-3H,12H2. The summed E-state index contributed by atoms with van der Waals surface area (Å²) in [4.78, 5) is 0. The smallest absolute Gasteiger partial charge is 0.399 e. The molecule has 0 atom stereocenters. The van der Waals surface area contributed by atoms with Gasteiger partial charge in [-0.3, -0.25) is 0 Å². The predicted octanol–water partition coefficient (Wildman–Crippen LogP) is 4.85. The number of hydrogen-bond donors (Lipinski definition) is 2. The van der Waals surface area contributed by atoms with Gasteiger partial charge in [0, 0.05) is 11.4 Å². The highest BCUT2D eigenvalue weighted by Gasteiger charge is 2.34. The zero-order chi connectivity index (χ0) is 18.7. The molecule has 0 aliphatic heterocycles. The van der Waals surface area contributed by atoms with E-state index in [0.717, 1.165) is 12.1 Å². The topological polar surface area (TPSA) is 52.0 Å². The Morgan fingerprint density at radius 1 is 0.583 bits per heavy atom. The molecular weight excluding hydrogens is 348 g/mol. The first kappa shape index (κ1) is 19.5. The van der Waals surface area contributed by atoms with Crippen molar-refractivity contribution in [1.82, 2.24) is 0 Å². The fourth-order valence-corrected chi connectivity index (χ4v) is 1.52. The van der Waals surface area contributed by atoms with Crippen molar-refractivity contribution in [1.29, 1.82) is 0 Å². The first-order valence-corrected chi connectivity index (χ1v) is 6.07. The molecule has 2 aromatic carbocycles. The number of rotatable bonds is 0. The molecule has 0 heterocycles. The molecule has 0 bridgehead atoms. The van der Waals surface area contributed by atoms with Gasteiger partial charge in [-0.25, -0.2) is 8.78 Å². The van der Waals surface area contributed by atoms with Crippen molar-refractivity contribution in [2.45, 2.75) is 12.4 Å². The van der Waals surface area contributed by atoms with Gasteiger partial charge in [-0.1, -0.05) is 0 Å². The van der Waals surface area contributed by atoms with E-state index in [2.05, 4.69) is 0 Å². The van der Waals surface area contributed by atoms with Gasteiger partial charge in [0.2, 0.25) is 0 Å². The molecule has 0 amide bonds. The van der Waals surface area contributed by atoms with Crippen molar-refractivity contribution < 1.29 is 35.1 Å². The molecule has 2 aromatic rings. The van der Waals surface area contributed by atoms with Crippen LogP contribution in [0.15, 0.2) is 36.4 Å². The van der Waals surface area contributed by atoms with Crippen LogP contribution in [0.2, 0.25) is 0 Å². The molecule has 0 aliphatic carbocycles. The molecule has 0 fully saturated rings. The zero-order valence-electron chi connectivity index (χ0n) is 11.6. The van der Waals surface area contributed by atoms with Gasteiger partial charge >= 0.3 is 12.4 Å². The Morgan fingerprint density at radius 2 is 0.875 bits per heavy atom. The second-order valence-corrected chi connectivity index (χ2v) is 4.47. The van der Waals surface area contributed by atoms with Gasteiger partial charge in [0.1, 0.15) is 11.6 Å². The molecule has 132 valence electrons. The van der Waals surface area contributed by atoms with E-state index in [4.69, 9.17) is 11.5 Å². The second-order valence-electron chi connectivity index (χ2n) is 4.47. The van der Waals surface area contributed by atoms with E-state index in [1.807, 2.05) is 0 Å². The Balaban J connectivity index is 0.000000240. The summed E-state index contributed by atoms with van der Waals surface area (Å²) < 4.78 is 96.6. The van der Waals surface area contributed by atoms with Crippen LogP contribution in [-0.4, -0.2) is 0 Å². The van der Waals surface area contributed by atoms with Gasteiger partial charge in [-0.15, -0.1) is 0 Å². The lowest BCUT2D eigenvalue weighted by molar-refractivity contribution is -0.140. The number of nitrogens with two attached hydrogens (primary N) is 2. The first-order chi connectivity index (χ1) is 10.8. The molecule has 24 heavy (non-hydrogen) atoms. The number of nitrogen functional groups attached to an aromatic ring is 2. The van der Waals surface area contributed by atoms with Crippen LogP contribution in [0.4, 0.5) is 46.5 Å². The quantitative estimate of drug-likeness (QED) is 0.522. The average molecular weight is 358 g/mol. The minimum atomic E-state index is -4.68. The highest BCUT2D eigenvalue weighted by molar-refractivity contribution is 5.43. The third kappa shape index (κ3) is 5.28. The highest BCUT2D eigenvalue weighted by atomic mass is 19.4. The van der Waals surface area contributed by atoms with Gasteiger partial charge in [-0.2, -0.15) is 26.3 Å². The summed E-state index contributed by atoms with van der Waals surface area (Å²) in [6, 6.07) is 4.66. The molecule has 2 nitrogen and oxygen atoms in total. The summed E-state index contributed by atoms with van der Waals surface area (Å²) >= 11 is 0. The Morgan fingerprint density at radius 3 is 1.08 bits per heavy atom. The maximum absolute atomic E-state index is 12.5. The third-order valence-electron chi connectivity index (χ3n) is 2.59. The molecule has 2 rings (SSSR count). The Labute approximate surface area is 130 Å². The monoisotopic (exact) mass is 358 g/mol. The van der Waals surface area contributed by atoms with E-state index in [-0.39, 0.29) is 11.4 Å². The Bertz CT molecular complexity index is 645. The van der Waals surface area contributed by atoms with Gasteiger partial charge in [0.25, 0.3) is 0 Å². The van der Waals surface area contributed by atoms with Gasteiger partial charge in [-0.05, 0) is 36.4 Å². The van der Waals surface area contributed by atoms with Crippen LogP contribution in [0.5, 0.6) is 0 Å². The van der Waals surface area contributed by atoms with Crippen LogP contribution in [-0.2, 0) is 12.4 Å². The van der Waals surface area contributed by atoms with Gasteiger partial charge in [0.15, 0.2) is 0 Å². The first-order valence-electron chi connectivity index (χ1n) is 6.07. The molecule has 10 heteroatoms. The minimum Gasteiger partial charge on any atom is -0.399 e. The van der Waals surface area contributed by atoms with E-state index in [9.17, 15) is 35.1 Å². The van der Waals surface area contributed by atoms with Crippen molar-refractivity contribution in [3.63, 3.8) is 0 Å². The summed E-state index contributed by atoms with van der Waals surface area (Å²) in [6.07, 6.45) is -9.36. The van der Waals surface area contributed by atoms with Crippen molar-refractivity contribution in [3.05, 3.63) is 59.2 Å². The SMILES string of the molecule is Nc1ccc(F)c(C(F)(F)F)c1.Nc1ccc(F)c(C(F)(F)F)c1. The van der Waals surface area contributed by atoms with Crippen molar-refractivity contribution in [2.24, 2.45) is 0 Å². The summed E-state index contributed by atoms with van der Waals surface area (Å²) in [6.45, 7) is 0. The van der Waals surface area contributed by atoms with Gasteiger partial charge < -0.3 is 11.5 Å². The number of hydrogen-bond acceptors (Lipinski definition) is 2. The molecule has 0 unspecified atom stereocenters. The maximum Gasteiger partial charge on any atom is 0.419 e. The number of anilines is 2. The molecule has 0 saturated heterocycles. The third-order valence-corrected chi connectivity index (χ3v) is 2.59. The van der Waals surface area contributed by atoms with Crippen molar-refractivity contribution in [2.75, 3.05) is 11.5 Å². The molecule has 0 saturated carbocycles. The van der Waals surface area contributed by atoms with Crippen molar-refractivity contribution in [3.8, 4) is 0 Å². The van der Waals surface area contributed by atoms with E-state index in [1.54, 1.807) is 0 Å². The molecule has 0 aliphatic rings. The normalized spacial score (nSPS) is 11.7. The fraction of sp³-hybridized carbons (Fsp3) is 0.143. The highest BCUT2D eigenvalue weighted by Crippen LogP contribution is 2.33. The predicted molar refractivity (Wildman–Crippen MR) is 71.6 cm³/mol. The van der Waals surface area contributed by atoms with Gasteiger partial charge in [0.05, 0.1) is 11.1 Å². The summed E-state index contributed by atoms with van der Waals surface area (Å²) in [7, 11) is 0. The maximum atomic E-state index is 12.5. The fourth-order valence-electron chi connectivity index (χ4n) is 1.52. The summed E-state index contributed by atoms with van der Waals surface area (Å²) in [5.41, 5.74) is 7.24. The lowest BCUT2D eigenvalue weighted by atomic mass is 10.2. The molecule has 0 aromatic heterocycles. The zero-order valence-corrected chi connectivity index (χ0v) is 11.6. The molecule has 4 N–H and O–H groups in total. The lowest BCUT2D eigenvalue weighted by Gasteiger charge is -2.07. The van der Waals surface area contributed by atoms with E-state index in [0.29, 0.717) is 24.3 Å². The number of halogens is 8. The molecular formula is C14H10F8N2. The number of benzene rings is 2. The minimum absolute atomic E-state index is 0.108. The van der Waals surface area contributed by atoms with E-state index < -0.39 is 35.1 Å². The average Bonchev–Trinajstić information content (AvgIpc) is 2.42. The Hall–Kier alpha value is -2.52. The van der Waals surface area contributed by atoms with Crippen LogP contribution in [0.25, 0.3) is 0 Å². The van der Waals surface area contributed by atoms with Crippen LogP contribution < -0.4 is 11.5 Å². The van der Waals surface area contributed by atoms with Crippen LogP contribution in [0, 0.1) is 11.6 Å². The van der Waals surface area contributed by atoms with Crippen LogP contribution >= 0.6 is 0 Å². The number of alkyl halides is 6. The molecule has 0 radical (unpaired) electrons. The largest absolute Gasteiger partial charge is 0.419 e.